The summed E-state index contributed by atoms with van der Waals surface area (Å²) in [6.45, 7) is 1.72. The maximum absolute atomic E-state index is 12.1. The van der Waals surface area contributed by atoms with Crippen molar-refractivity contribution < 1.29 is 18.3 Å². The van der Waals surface area contributed by atoms with Crippen LogP contribution in [0.4, 0.5) is 0 Å². The molecule has 2 aliphatic rings. The molecule has 0 bridgehead atoms. The van der Waals surface area contributed by atoms with Crippen LogP contribution in [0.1, 0.15) is 43.2 Å². The van der Waals surface area contributed by atoms with E-state index in [0.717, 1.165) is 31.9 Å². The van der Waals surface area contributed by atoms with E-state index in [4.69, 9.17) is 4.74 Å². The normalized spacial score (nSPS) is 28.1. The largest absolute Gasteiger partial charge is 0.491 e. The molecule has 1 aromatic heterocycles. The van der Waals surface area contributed by atoms with Gasteiger partial charge in [-0.3, -0.25) is 4.79 Å². The molecule has 0 amide bonds. The number of hydrogen-bond acceptors (Lipinski definition) is 5. The van der Waals surface area contributed by atoms with E-state index in [1.165, 1.54) is 4.57 Å². The van der Waals surface area contributed by atoms with Crippen LogP contribution in [0.25, 0.3) is 0 Å². The third-order valence-electron chi connectivity index (χ3n) is 5.35. The maximum atomic E-state index is 12.1. The van der Waals surface area contributed by atoms with Gasteiger partial charge >= 0.3 is 0 Å². The van der Waals surface area contributed by atoms with Crippen LogP contribution in [-0.2, 0) is 27.3 Å². The third-order valence-corrected chi connectivity index (χ3v) is 6.08. The Labute approximate surface area is 165 Å². The van der Waals surface area contributed by atoms with Gasteiger partial charge in [0.1, 0.15) is 5.76 Å². The number of pyridine rings is 1. The number of aliphatic hydroxyl groups is 1. The molecule has 0 aliphatic heterocycles. The topological polar surface area (TPSA) is 97.6 Å². The van der Waals surface area contributed by atoms with Crippen LogP contribution in [0.3, 0.4) is 0 Å². The van der Waals surface area contributed by atoms with Gasteiger partial charge in [-0.2, -0.15) is 0 Å². The monoisotopic (exact) mass is 408 g/mol. The molecule has 0 radical (unpaired) electrons. The number of nitrogens with zero attached hydrogens (tertiary/aromatic N) is 1. The van der Waals surface area contributed by atoms with Gasteiger partial charge in [0.25, 0.3) is 5.56 Å². The minimum atomic E-state index is -3.50. The van der Waals surface area contributed by atoms with E-state index in [0.29, 0.717) is 23.3 Å². The summed E-state index contributed by atoms with van der Waals surface area (Å²) in [6, 6.07) is 1.73. The third kappa shape index (κ3) is 4.74. The summed E-state index contributed by atoms with van der Waals surface area (Å²) in [4.78, 5) is 12.0. The number of aromatic nitrogens is 1. The van der Waals surface area contributed by atoms with E-state index in [2.05, 4.69) is 4.72 Å². The highest BCUT2D eigenvalue weighted by atomic mass is 32.2. The first-order valence-corrected chi connectivity index (χ1v) is 11.4. The lowest BCUT2D eigenvalue weighted by Gasteiger charge is -2.34. The minimum absolute atomic E-state index is 0.0643. The molecule has 154 valence electrons. The van der Waals surface area contributed by atoms with Crippen molar-refractivity contribution in [3.8, 4) is 0 Å². The Bertz CT molecular complexity index is 929. The fraction of sp³-hybridized carbons (Fsp3) is 0.550. The highest BCUT2D eigenvalue weighted by molar-refractivity contribution is 7.88. The van der Waals surface area contributed by atoms with E-state index in [9.17, 15) is 18.3 Å². The van der Waals surface area contributed by atoms with Crippen molar-refractivity contribution >= 4 is 10.0 Å². The number of aliphatic hydroxyl groups excluding tert-OH is 1. The first-order valence-electron chi connectivity index (χ1n) is 9.49. The quantitative estimate of drug-likeness (QED) is 0.771. The summed E-state index contributed by atoms with van der Waals surface area (Å²) in [5.74, 6) is 0.703. The van der Waals surface area contributed by atoms with Crippen LogP contribution < -0.4 is 10.3 Å². The molecule has 1 fully saturated rings. The van der Waals surface area contributed by atoms with Crippen LogP contribution in [0.15, 0.2) is 41.0 Å². The summed E-state index contributed by atoms with van der Waals surface area (Å²) < 4.78 is 34.3. The molecule has 1 unspecified atom stereocenters. The fourth-order valence-corrected chi connectivity index (χ4v) is 4.80. The zero-order valence-corrected chi connectivity index (χ0v) is 17.3. The van der Waals surface area contributed by atoms with Crippen molar-refractivity contribution in [2.75, 3.05) is 6.26 Å². The molecule has 2 N–H and O–H groups in total. The Morgan fingerprint density at radius 1 is 1.29 bits per heavy atom. The van der Waals surface area contributed by atoms with Gasteiger partial charge in [0, 0.05) is 18.8 Å². The lowest BCUT2D eigenvalue weighted by atomic mass is 9.84. The predicted molar refractivity (Wildman–Crippen MR) is 107 cm³/mol. The summed E-state index contributed by atoms with van der Waals surface area (Å²) in [5.41, 5.74) is 0.163. The molecule has 7 nitrogen and oxygen atoms in total. The Morgan fingerprint density at radius 2 is 1.96 bits per heavy atom. The Morgan fingerprint density at radius 3 is 2.50 bits per heavy atom. The average molecular weight is 409 g/mol. The van der Waals surface area contributed by atoms with Crippen molar-refractivity contribution in [3.05, 3.63) is 57.7 Å². The number of allylic oxidation sites excluding steroid dienone is 1. The number of ether oxygens (including phenoxy) is 1. The first-order chi connectivity index (χ1) is 13.1. The number of rotatable bonds is 5. The molecule has 1 saturated carbocycles. The van der Waals surface area contributed by atoms with Crippen LogP contribution in [-0.4, -0.2) is 36.6 Å². The van der Waals surface area contributed by atoms with Gasteiger partial charge in [0.15, 0.2) is 0 Å². The standard InChI is InChI=1S/C20H28N2O5S/c1-14-12-15(13-22(2)19(14)24)20(21-28(3,25)26)10-8-18(9-11-20)27-17-6-4-16(23)5-7-17/h8-10,12-13,16-17,21,23H,4-7,11H2,1-3H3. The van der Waals surface area contributed by atoms with E-state index >= 15 is 0 Å². The minimum Gasteiger partial charge on any atom is -0.491 e. The molecule has 0 aromatic carbocycles. The van der Waals surface area contributed by atoms with E-state index < -0.39 is 15.6 Å². The molecule has 0 saturated heterocycles. The van der Waals surface area contributed by atoms with Gasteiger partial charge in [-0.1, -0.05) is 6.08 Å². The zero-order chi connectivity index (χ0) is 20.5. The molecule has 3 rings (SSSR count). The maximum Gasteiger partial charge on any atom is 0.253 e. The molecule has 1 atom stereocenters. The van der Waals surface area contributed by atoms with Crippen LogP contribution in [0.5, 0.6) is 0 Å². The molecule has 1 aromatic rings. The number of nitrogens with one attached hydrogen (secondary N) is 1. The van der Waals surface area contributed by atoms with E-state index in [1.54, 1.807) is 38.4 Å². The van der Waals surface area contributed by atoms with Crippen LogP contribution in [0.2, 0.25) is 0 Å². The van der Waals surface area contributed by atoms with Gasteiger partial charge in [-0.25, -0.2) is 13.1 Å². The summed E-state index contributed by atoms with van der Waals surface area (Å²) in [5, 5.41) is 9.63. The molecule has 8 heteroatoms. The van der Waals surface area contributed by atoms with E-state index in [-0.39, 0.29) is 17.8 Å². The average Bonchev–Trinajstić information content (AvgIpc) is 2.61. The fourth-order valence-electron chi connectivity index (χ4n) is 3.87. The molecule has 2 aliphatic carbocycles. The van der Waals surface area contributed by atoms with Crippen molar-refractivity contribution in [2.24, 2.45) is 7.05 Å². The molecule has 1 heterocycles. The highest BCUT2D eigenvalue weighted by Crippen LogP contribution is 2.34. The summed E-state index contributed by atoms with van der Waals surface area (Å²) in [6.07, 6.45) is 11.5. The SMILES string of the molecule is Cc1cc(C2(NS(C)(=O)=O)C=CC(OC3CCC(O)CC3)=CC2)cn(C)c1=O. The molecule has 28 heavy (non-hydrogen) atoms. The van der Waals surface area contributed by atoms with E-state index in [1.807, 2.05) is 6.08 Å². The Kier molecular flexibility index (Phi) is 5.84. The van der Waals surface area contributed by atoms with Crippen molar-refractivity contribution in [2.45, 2.75) is 56.8 Å². The molecular formula is C20H28N2O5S. The number of sulfonamides is 1. The lowest BCUT2D eigenvalue weighted by Crippen LogP contribution is -2.45. The Hall–Kier alpha value is -1.90. The number of aryl methyl sites for hydroxylation is 2. The van der Waals surface area contributed by atoms with Crippen molar-refractivity contribution in [1.82, 2.24) is 9.29 Å². The van der Waals surface area contributed by atoms with Crippen molar-refractivity contribution in [3.63, 3.8) is 0 Å². The van der Waals surface area contributed by atoms with Gasteiger partial charge in [0.05, 0.1) is 24.0 Å². The van der Waals surface area contributed by atoms with Gasteiger partial charge < -0.3 is 14.4 Å². The van der Waals surface area contributed by atoms with Gasteiger partial charge in [-0.15, -0.1) is 0 Å². The van der Waals surface area contributed by atoms with Crippen molar-refractivity contribution in [1.29, 1.82) is 0 Å². The zero-order valence-electron chi connectivity index (χ0n) is 16.5. The highest BCUT2D eigenvalue weighted by Gasteiger charge is 2.35. The predicted octanol–water partition coefficient (Wildman–Crippen LogP) is 1.60. The van der Waals surface area contributed by atoms with Gasteiger partial charge in [0.2, 0.25) is 10.0 Å². The summed E-state index contributed by atoms with van der Waals surface area (Å²) >= 11 is 0. The second-order valence-corrected chi connectivity index (χ2v) is 9.61. The smallest absolute Gasteiger partial charge is 0.253 e. The molecular weight excluding hydrogens is 380 g/mol. The second kappa shape index (κ2) is 7.85. The van der Waals surface area contributed by atoms with Crippen LogP contribution >= 0.6 is 0 Å². The van der Waals surface area contributed by atoms with Crippen LogP contribution in [0, 0.1) is 6.92 Å². The molecule has 0 spiro atoms. The summed E-state index contributed by atoms with van der Waals surface area (Å²) in [7, 11) is -1.85. The first kappa shape index (κ1) is 20.8. The van der Waals surface area contributed by atoms with Gasteiger partial charge in [-0.05, 0) is 62.8 Å². The second-order valence-electron chi connectivity index (χ2n) is 7.87. The lowest BCUT2D eigenvalue weighted by molar-refractivity contribution is 0.0347. The number of hydrogen-bond donors (Lipinski definition) is 2. The Balaban J connectivity index is 1.86.